The summed E-state index contributed by atoms with van der Waals surface area (Å²) >= 11 is 0. The van der Waals surface area contributed by atoms with Crippen molar-refractivity contribution in [2.75, 3.05) is 0 Å². The summed E-state index contributed by atoms with van der Waals surface area (Å²) in [5, 5.41) is 0. The molecule has 0 unspecified atom stereocenters. The molecule has 27 heavy (non-hydrogen) atoms. The predicted octanol–water partition coefficient (Wildman–Crippen LogP) is 3.49. The van der Waals surface area contributed by atoms with Crippen LogP contribution in [-0.4, -0.2) is 52.2 Å². The van der Waals surface area contributed by atoms with Crippen molar-refractivity contribution in [2.24, 2.45) is 5.73 Å². The molecule has 0 aliphatic carbocycles. The molecule has 13 heteroatoms. The molecule has 0 bridgehead atoms. The SMILES string of the molecule is CC(C)N1C(F)(F)C(F)(F)C(F)(F)[C@@]1(CC(=O)CCCC(F)(F)F)C(N)=O. The highest BCUT2D eigenvalue weighted by Gasteiger charge is 2.92. The molecule has 0 aromatic carbocycles. The highest BCUT2D eigenvalue weighted by molar-refractivity contribution is 5.94. The lowest BCUT2D eigenvalue weighted by Crippen LogP contribution is -2.67. The number of halogens is 9. The lowest BCUT2D eigenvalue weighted by Gasteiger charge is -2.40. The van der Waals surface area contributed by atoms with Crippen molar-refractivity contribution >= 4 is 11.7 Å². The van der Waals surface area contributed by atoms with Crippen LogP contribution in [0.1, 0.15) is 39.5 Å². The van der Waals surface area contributed by atoms with Crippen LogP contribution < -0.4 is 5.73 Å². The third-order valence-corrected chi connectivity index (χ3v) is 4.30. The highest BCUT2D eigenvalue weighted by atomic mass is 19.4. The molecule has 1 aliphatic rings. The van der Waals surface area contributed by atoms with E-state index in [1.165, 1.54) is 0 Å². The first-order chi connectivity index (χ1) is 11.9. The molecule has 4 nitrogen and oxygen atoms in total. The van der Waals surface area contributed by atoms with Gasteiger partial charge in [-0.25, -0.2) is 4.90 Å². The number of hydrogen-bond donors (Lipinski definition) is 1. The zero-order valence-corrected chi connectivity index (χ0v) is 14.1. The van der Waals surface area contributed by atoms with Gasteiger partial charge in [0.1, 0.15) is 5.78 Å². The maximum atomic E-state index is 14.4. The maximum Gasteiger partial charge on any atom is 0.389 e. The Balaban J connectivity index is 3.36. The molecule has 1 amide bonds. The number of carbonyl (C=O) groups excluding carboxylic acids is 2. The van der Waals surface area contributed by atoms with Crippen LogP contribution in [0.2, 0.25) is 0 Å². The molecular weight excluding hydrogens is 399 g/mol. The van der Waals surface area contributed by atoms with Crippen molar-refractivity contribution in [3.05, 3.63) is 0 Å². The summed E-state index contributed by atoms with van der Waals surface area (Å²) in [6.45, 7) is 1.61. The average molecular weight is 416 g/mol. The van der Waals surface area contributed by atoms with Gasteiger partial charge in [-0.3, -0.25) is 9.59 Å². The molecule has 2 N–H and O–H groups in total. The number of alkyl halides is 9. The standard InChI is InChI=1S/C14H17F9N2O2/c1-7(2)25-10(9(24)27,6-8(26)4-3-5-11(15,16)17)12(18,19)13(20,21)14(25,22)23/h7H,3-6H2,1-2H3,(H2,24,27)/t10-/m1/s1. The summed E-state index contributed by atoms with van der Waals surface area (Å²) in [5.41, 5.74) is 0.672. The Kier molecular flexibility index (Phi) is 5.93. The molecule has 1 saturated heterocycles. The van der Waals surface area contributed by atoms with Gasteiger partial charge in [-0.1, -0.05) is 0 Å². The number of amides is 1. The Morgan fingerprint density at radius 3 is 1.85 bits per heavy atom. The van der Waals surface area contributed by atoms with Crippen molar-refractivity contribution in [1.82, 2.24) is 4.90 Å². The number of likely N-dealkylation sites (tertiary alicyclic amines) is 1. The number of rotatable bonds is 7. The number of primary amides is 1. The van der Waals surface area contributed by atoms with Gasteiger partial charge in [0.25, 0.3) is 0 Å². The van der Waals surface area contributed by atoms with Gasteiger partial charge < -0.3 is 5.73 Å². The molecule has 1 atom stereocenters. The Morgan fingerprint density at radius 2 is 1.48 bits per heavy atom. The fraction of sp³-hybridized carbons (Fsp3) is 0.857. The van der Waals surface area contributed by atoms with E-state index >= 15 is 0 Å². The normalized spacial score (nSPS) is 27.1. The predicted molar refractivity (Wildman–Crippen MR) is 73.3 cm³/mol. The number of nitrogens with zero attached hydrogens (tertiary/aromatic N) is 1. The zero-order chi connectivity index (χ0) is 21.6. The van der Waals surface area contributed by atoms with Gasteiger partial charge in [-0.2, -0.15) is 39.5 Å². The molecule has 1 rings (SSSR count). The van der Waals surface area contributed by atoms with E-state index in [4.69, 9.17) is 5.73 Å². The van der Waals surface area contributed by atoms with Crippen LogP contribution in [0, 0.1) is 0 Å². The largest absolute Gasteiger partial charge is 0.389 e. The monoisotopic (exact) mass is 416 g/mol. The van der Waals surface area contributed by atoms with Gasteiger partial charge in [-0.15, -0.1) is 0 Å². The number of carbonyl (C=O) groups is 2. The van der Waals surface area contributed by atoms with Gasteiger partial charge in [0.05, 0.1) is 0 Å². The van der Waals surface area contributed by atoms with E-state index in [1.54, 1.807) is 0 Å². The smallest absolute Gasteiger partial charge is 0.368 e. The number of Topliss-reactive ketones (excluding diaryl/α,β-unsaturated/α-hetero) is 1. The van der Waals surface area contributed by atoms with Crippen LogP contribution >= 0.6 is 0 Å². The van der Waals surface area contributed by atoms with E-state index in [1.807, 2.05) is 0 Å². The van der Waals surface area contributed by atoms with Crippen LogP contribution in [0.25, 0.3) is 0 Å². The van der Waals surface area contributed by atoms with Crippen LogP contribution in [0.3, 0.4) is 0 Å². The second-order valence-electron chi connectivity index (χ2n) is 6.56. The first kappa shape index (κ1) is 23.5. The summed E-state index contributed by atoms with van der Waals surface area (Å²) in [6, 6.07) is -7.32. The van der Waals surface area contributed by atoms with E-state index in [0.29, 0.717) is 0 Å². The van der Waals surface area contributed by atoms with Gasteiger partial charge >= 0.3 is 24.1 Å². The lowest BCUT2D eigenvalue weighted by molar-refractivity contribution is -0.297. The zero-order valence-electron chi connectivity index (χ0n) is 14.1. The van der Waals surface area contributed by atoms with E-state index in [0.717, 1.165) is 13.8 Å². The van der Waals surface area contributed by atoms with Crippen molar-refractivity contribution in [1.29, 1.82) is 0 Å². The van der Waals surface area contributed by atoms with Crippen LogP contribution in [0.15, 0.2) is 0 Å². The van der Waals surface area contributed by atoms with Gasteiger partial charge in [0.15, 0.2) is 5.54 Å². The lowest BCUT2D eigenvalue weighted by atomic mass is 9.83. The minimum absolute atomic E-state index is 0.803. The molecule has 1 fully saturated rings. The average Bonchev–Trinajstić information content (AvgIpc) is 2.51. The molecule has 0 aromatic rings. The molecule has 0 radical (unpaired) electrons. The minimum atomic E-state index is -6.05. The Bertz CT molecular complexity index is 604. The Labute approximate surface area is 147 Å². The molecule has 1 heterocycles. The third kappa shape index (κ3) is 3.49. The van der Waals surface area contributed by atoms with E-state index in [2.05, 4.69) is 0 Å². The first-order valence-corrected chi connectivity index (χ1v) is 7.67. The Hall–Kier alpha value is -1.53. The highest BCUT2D eigenvalue weighted by Crippen LogP contribution is 2.63. The minimum Gasteiger partial charge on any atom is -0.368 e. The van der Waals surface area contributed by atoms with Crippen LogP contribution in [0.4, 0.5) is 39.5 Å². The number of hydrogen-bond acceptors (Lipinski definition) is 3. The van der Waals surface area contributed by atoms with Gasteiger partial charge in [-0.05, 0) is 20.3 Å². The van der Waals surface area contributed by atoms with E-state index in [-0.39, 0.29) is 0 Å². The third-order valence-electron chi connectivity index (χ3n) is 4.30. The molecule has 0 aromatic heterocycles. The van der Waals surface area contributed by atoms with Gasteiger partial charge in [0.2, 0.25) is 5.91 Å². The summed E-state index contributed by atoms with van der Waals surface area (Å²) in [5.74, 6) is -15.6. The Morgan fingerprint density at radius 1 is 1.00 bits per heavy atom. The molecule has 0 saturated carbocycles. The maximum absolute atomic E-state index is 14.4. The van der Waals surface area contributed by atoms with Crippen molar-refractivity contribution in [2.45, 2.75) is 75.2 Å². The fourth-order valence-corrected chi connectivity index (χ4v) is 3.17. The van der Waals surface area contributed by atoms with Crippen molar-refractivity contribution < 1.29 is 49.1 Å². The number of ketones is 1. The number of nitrogens with two attached hydrogens (primary N) is 1. The molecular formula is C14H17F9N2O2. The second kappa shape index (κ2) is 6.82. The topological polar surface area (TPSA) is 63.4 Å². The summed E-state index contributed by atoms with van der Waals surface area (Å²) < 4.78 is 121. The summed E-state index contributed by atoms with van der Waals surface area (Å²) in [6.07, 6.45) is -9.97. The van der Waals surface area contributed by atoms with E-state index < -0.39 is 77.9 Å². The summed E-state index contributed by atoms with van der Waals surface area (Å²) in [7, 11) is 0. The molecule has 0 spiro atoms. The van der Waals surface area contributed by atoms with Crippen LogP contribution in [-0.2, 0) is 9.59 Å². The second-order valence-corrected chi connectivity index (χ2v) is 6.56. The van der Waals surface area contributed by atoms with E-state index in [9.17, 15) is 49.1 Å². The fourth-order valence-electron chi connectivity index (χ4n) is 3.17. The molecule has 158 valence electrons. The van der Waals surface area contributed by atoms with Crippen LogP contribution in [0.5, 0.6) is 0 Å². The van der Waals surface area contributed by atoms with Gasteiger partial charge in [0, 0.05) is 25.3 Å². The first-order valence-electron chi connectivity index (χ1n) is 7.67. The quantitative estimate of drug-likeness (QED) is 0.511. The molecule has 1 aliphatic heterocycles. The van der Waals surface area contributed by atoms with Crippen molar-refractivity contribution in [3.63, 3.8) is 0 Å². The summed E-state index contributed by atoms with van der Waals surface area (Å²) in [4.78, 5) is 22.7. The van der Waals surface area contributed by atoms with Crippen molar-refractivity contribution in [3.8, 4) is 0 Å².